The number of halogens is 1. The van der Waals surface area contributed by atoms with Gasteiger partial charge in [0.2, 0.25) is 0 Å². The van der Waals surface area contributed by atoms with Crippen molar-refractivity contribution >= 4 is 49.9 Å². The molecule has 3 rings (SSSR count). The number of rotatable bonds is 5. The van der Waals surface area contributed by atoms with E-state index in [0.717, 1.165) is 22.4 Å². The smallest absolute Gasteiger partial charge is 0.187 e. The van der Waals surface area contributed by atoms with E-state index in [0.29, 0.717) is 10.6 Å². The molecule has 3 aromatic carbocycles. The Bertz CT molecular complexity index is 831. The van der Waals surface area contributed by atoms with Gasteiger partial charge in [0, 0.05) is 24.4 Å². The second-order valence-corrected chi connectivity index (χ2v) is 7.01. The maximum atomic E-state index is 12.5. The van der Waals surface area contributed by atoms with E-state index in [-0.39, 0.29) is 33.0 Å². The Morgan fingerprint density at radius 2 is 1.52 bits per heavy atom. The molecule has 3 aromatic rings. The van der Waals surface area contributed by atoms with Crippen LogP contribution < -0.4 is 10.0 Å². The van der Waals surface area contributed by atoms with Crippen molar-refractivity contribution in [2.45, 2.75) is 6.92 Å². The van der Waals surface area contributed by atoms with Crippen LogP contribution in [0.25, 0.3) is 0 Å². The van der Waals surface area contributed by atoms with E-state index in [2.05, 4.69) is 0 Å². The summed E-state index contributed by atoms with van der Waals surface area (Å²) in [6, 6.07) is 22.7. The molecule has 121 valence electrons. The van der Waals surface area contributed by atoms with E-state index >= 15 is 0 Å². The summed E-state index contributed by atoms with van der Waals surface area (Å²) >= 11 is 6.17. The molecule has 0 amide bonds. The molecule has 0 spiro atoms. The van der Waals surface area contributed by atoms with Gasteiger partial charge in [0.05, 0.1) is 5.02 Å². The van der Waals surface area contributed by atoms with Crippen molar-refractivity contribution in [1.29, 1.82) is 0 Å². The second-order valence-electron chi connectivity index (χ2n) is 5.33. The van der Waals surface area contributed by atoms with Crippen molar-refractivity contribution in [1.82, 2.24) is 0 Å². The molecule has 0 fully saturated rings. The Labute approximate surface area is 166 Å². The van der Waals surface area contributed by atoms with Gasteiger partial charge in [-0.25, -0.2) is 0 Å². The van der Waals surface area contributed by atoms with Gasteiger partial charge >= 0.3 is 0 Å². The van der Waals surface area contributed by atoms with E-state index < -0.39 is 0 Å². The van der Waals surface area contributed by atoms with Crippen molar-refractivity contribution in [2.24, 2.45) is 0 Å². The van der Waals surface area contributed by atoms with Crippen molar-refractivity contribution in [3.63, 3.8) is 0 Å². The second kappa shape index (κ2) is 9.23. The van der Waals surface area contributed by atoms with Crippen LogP contribution in [0, 0.1) is 6.92 Å². The normalized spacial score (nSPS) is 10.5. The summed E-state index contributed by atoms with van der Waals surface area (Å²) in [7, 11) is 0.0338. The van der Waals surface area contributed by atoms with E-state index in [1.807, 2.05) is 73.7 Å². The first kappa shape index (κ1) is 19.8. The molecule has 1 radical (unpaired) electrons. The predicted molar refractivity (Wildman–Crippen MR) is 107 cm³/mol. The van der Waals surface area contributed by atoms with Crippen LogP contribution in [0.15, 0.2) is 72.8 Å². The minimum Gasteiger partial charge on any atom is -0.457 e. The zero-order chi connectivity index (χ0) is 16.9. The fourth-order valence-electron chi connectivity index (χ4n) is 2.34. The molecule has 25 heavy (non-hydrogen) atoms. The molecule has 0 aromatic heterocycles. The van der Waals surface area contributed by atoms with Crippen LogP contribution in [-0.4, -0.2) is 24.4 Å². The molecule has 1 unspecified atom stereocenters. The molecule has 0 saturated heterocycles. The Balaban J connectivity index is 0.00000225. The maximum absolute atomic E-state index is 12.5. The molecule has 0 aliphatic rings. The molecule has 2 nitrogen and oxygen atoms in total. The average molecular weight is 362 g/mol. The fourth-order valence-corrected chi connectivity index (χ4v) is 3.78. The Morgan fingerprint density at radius 1 is 0.880 bits per heavy atom. The SMILES string of the molecule is Cc1cccc(Cl)c1C(=O)Pc1ccc(Oc2ccccc2)cc1.[Li]. The van der Waals surface area contributed by atoms with Gasteiger partial charge in [-0.1, -0.05) is 54.1 Å². The monoisotopic (exact) mass is 361 g/mol. The number of carbonyl (C=O) groups is 1. The van der Waals surface area contributed by atoms with Gasteiger partial charge < -0.3 is 4.74 Å². The molecule has 0 bridgehead atoms. The molecule has 0 saturated carbocycles. The quantitative estimate of drug-likeness (QED) is 0.461. The van der Waals surface area contributed by atoms with Crippen molar-refractivity contribution in [3.8, 4) is 11.5 Å². The zero-order valence-electron chi connectivity index (χ0n) is 14.1. The van der Waals surface area contributed by atoms with E-state index in [1.165, 1.54) is 0 Å². The minimum absolute atomic E-state index is 0. The third kappa shape index (κ3) is 5.21. The first-order chi connectivity index (χ1) is 11.6. The van der Waals surface area contributed by atoms with Gasteiger partial charge in [-0.3, -0.25) is 4.79 Å². The summed E-state index contributed by atoms with van der Waals surface area (Å²) in [5.41, 5.74) is 1.57. The van der Waals surface area contributed by atoms with Crippen molar-refractivity contribution in [3.05, 3.63) is 88.9 Å². The Morgan fingerprint density at radius 3 is 2.16 bits per heavy atom. The first-order valence-electron chi connectivity index (χ1n) is 7.53. The number of carbonyl (C=O) groups excluding carboxylic acids is 1. The number of para-hydroxylation sites is 1. The van der Waals surface area contributed by atoms with Gasteiger partial charge in [-0.05, 0) is 56.7 Å². The molecular weight excluding hydrogens is 346 g/mol. The average Bonchev–Trinajstić information content (AvgIpc) is 2.57. The van der Waals surface area contributed by atoms with Gasteiger partial charge in [0.15, 0.2) is 5.52 Å². The van der Waals surface area contributed by atoms with E-state index in [1.54, 1.807) is 6.07 Å². The van der Waals surface area contributed by atoms with Gasteiger partial charge in [0.1, 0.15) is 11.5 Å². The molecule has 0 aliphatic heterocycles. The van der Waals surface area contributed by atoms with Crippen LogP contribution in [0.2, 0.25) is 5.02 Å². The molecule has 0 aliphatic carbocycles. The molecular formula is C20H16ClLiO2P. The summed E-state index contributed by atoms with van der Waals surface area (Å²) in [5, 5.41) is 1.47. The topological polar surface area (TPSA) is 26.3 Å². The number of aryl methyl sites for hydroxylation is 1. The number of benzene rings is 3. The molecule has 5 heteroatoms. The fraction of sp³-hybridized carbons (Fsp3) is 0.0500. The first-order valence-corrected chi connectivity index (χ1v) is 8.91. The van der Waals surface area contributed by atoms with Crippen molar-refractivity contribution < 1.29 is 9.53 Å². The Hall–Kier alpha value is -1.55. The minimum atomic E-state index is 0. The third-order valence-corrected chi connectivity index (χ3v) is 4.95. The van der Waals surface area contributed by atoms with E-state index in [9.17, 15) is 4.79 Å². The van der Waals surface area contributed by atoms with Crippen molar-refractivity contribution in [2.75, 3.05) is 0 Å². The van der Waals surface area contributed by atoms with Gasteiger partial charge in [-0.2, -0.15) is 0 Å². The zero-order valence-corrected chi connectivity index (χ0v) is 15.9. The molecule has 0 N–H and O–H groups in total. The number of hydrogen-bond acceptors (Lipinski definition) is 2. The standard InChI is InChI=1S/C20H16ClO2P.Li/c1-14-6-5-9-18(21)19(14)20(22)24-17-12-10-16(11-13-17)23-15-7-3-2-4-8-15;/h2-13,24H,1H3;. The summed E-state index contributed by atoms with van der Waals surface area (Å²) in [6.45, 7) is 1.90. The largest absolute Gasteiger partial charge is 0.457 e. The third-order valence-electron chi connectivity index (χ3n) is 3.54. The van der Waals surface area contributed by atoms with Gasteiger partial charge in [0.25, 0.3) is 0 Å². The maximum Gasteiger partial charge on any atom is 0.187 e. The number of hydrogen-bond donors (Lipinski definition) is 0. The predicted octanol–water partition coefficient (Wildman–Crippen LogP) is 5.20. The van der Waals surface area contributed by atoms with Gasteiger partial charge in [-0.15, -0.1) is 0 Å². The van der Waals surface area contributed by atoms with Crippen LogP contribution in [0.3, 0.4) is 0 Å². The van der Waals surface area contributed by atoms with Crippen LogP contribution in [-0.2, 0) is 0 Å². The van der Waals surface area contributed by atoms with E-state index in [4.69, 9.17) is 16.3 Å². The van der Waals surface area contributed by atoms with Crippen LogP contribution >= 0.6 is 20.2 Å². The molecule has 1 atom stereocenters. The van der Waals surface area contributed by atoms with Crippen LogP contribution in [0.5, 0.6) is 11.5 Å². The summed E-state index contributed by atoms with van der Waals surface area (Å²) < 4.78 is 5.76. The van der Waals surface area contributed by atoms with Crippen LogP contribution in [0.1, 0.15) is 15.9 Å². The van der Waals surface area contributed by atoms with Crippen LogP contribution in [0.4, 0.5) is 0 Å². The summed E-state index contributed by atoms with van der Waals surface area (Å²) in [5.74, 6) is 1.53. The Kier molecular flexibility index (Phi) is 7.30. The summed E-state index contributed by atoms with van der Waals surface area (Å²) in [4.78, 5) is 12.5. The molecule has 0 heterocycles. The number of ether oxygens (including phenoxy) is 1. The summed E-state index contributed by atoms with van der Waals surface area (Å²) in [6.07, 6.45) is 0.